The zero-order valence-corrected chi connectivity index (χ0v) is 12.5. The first-order valence-electron chi connectivity index (χ1n) is 6.26. The van der Waals surface area contributed by atoms with E-state index in [0.717, 1.165) is 12.1 Å². The molecule has 22 heavy (non-hydrogen) atoms. The Morgan fingerprint density at radius 1 is 1.00 bits per heavy atom. The summed E-state index contributed by atoms with van der Waals surface area (Å²) in [6.45, 7) is 0. The van der Waals surface area contributed by atoms with Crippen LogP contribution >= 0.6 is 15.9 Å². The van der Waals surface area contributed by atoms with Crippen molar-refractivity contribution in [1.82, 2.24) is 10.2 Å². The highest BCUT2D eigenvalue weighted by atomic mass is 79.9. The van der Waals surface area contributed by atoms with Crippen LogP contribution in [0, 0.1) is 17.5 Å². The number of halogens is 4. The molecule has 0 aliphatic heterocycles. The Bertz CT molecular complexity index is 940. The van der Waals surface area contributed by atoms with Crippen molar-refractivity contribution in [2.75, 3.05) is 0 Å². The van der Waals surface area contributed by atoms with E-state index >= 15 is 0 Å². The maximum absolute atomic E-state index is 13.4. The zero-order chi connectivity index (χ0) is 15.9. The van der Waals surface area contributed by atoms with Gasteiger partial charge in [0.25, 0.3) is 5.56 Å². The molecule has 0 saturated carbocycles. The fourth-order valence-corrected chi connectivity index (χ4v) is 2.62. The number of hydrogen-bond acceptors (Lipinski definition) is 2. The summed E-state index contributed by atoms with van der Waals surface area (Å²) in [4.78, 5) is 11.7. The molecule has 2 aromatic carbocycles. The van der Waals surface area contributed by atoms with E-state index in [-0.39, 0.29) is 21.7 Å². The van der Waals surface area contributed by atoms with Crippen LogP contribution in [0.2, 0.25) is 0 Å². The molecule has 112 valence electrons. The molecule has 0 radical (unpaired) electrons. The number of H-pyrrole nitrogens is 1. The molecule has 7 heteroatoms. The van der Waals surface area contributed by atoms with Gasteiger partial charge in [-0.15, -0.1) is 0 Å². The maximum atomic E-state index is 13.4. The van der Waals surface area contributed by atoms with Crippen LogP contribution in [-0.2, 0) is 6.42 Å². The van der Waals surface area contributed by atoms with Gasteiger partial charge in [0.05, 0.1) is 15.6 Å². The number of fused-ring (bicyclic) bond motifs is 1. The quantitative estimate of drug-likeness (QED) is 0.749. The van der Waals surface area contributed by atoms with Gasteiger partial charge >= 0.3 is 0 Å². The van der Waals surface area contributed by atoms with E-state index in [0.29, 0.717) is 11.3 Å². The van der Waals surface area contributed by atoms with Crippen molar-refractivity contribution in [3.8, 4) is 0 Å². The van der Waals surface area contributed by atoms with Gasteiger partial charge in [0.2, 0.25) is 0 Å². The van der Waals surface area contributed by atoms with Gasteiger partial charge in [-0.3, -0.25) is 4.79 Å². The summed E-state index contributed by atoms with van der Waals surface area (Å²) in [5.41, 5.74) is 0.476. The van der Waals surface area contributed by atoms with Crippen molar-refractivity contribution in [2.24, 2.45) is 0 Å². The van der Waals surface area contributed by atoms with Crippen molar-refractivity contribution < 1.29 is 13.2 Å². The molecule has 3 rings (SSSR count). The van der Waals surface area contributed by atoms with Gasteiger partial charge in [0.15, 0.2) is 11.6 Å². The van der Waals surface area contributed by atoms with Crippen LogP contribution in [0.5, 0.6) is 0 Å². The lowest BCUT2D eigenvalue weighted by atomic mass is 10.0. The SMILES string of the molecule is O=c1[nH]nc(Cc2ccc(F)c(Br)c2)c2cc(F)c(F)cc12. The number of hydrogen-bond donors (Lipinski definition) is 1. The van der Waals surface area contributed by atoms with Crippen LogP contribution in [0.1, 0.15) is 11.3 Å². The molecule has 1 N–H and O–H groups in total. The standard InChI is InChI=1S/C15H8BrF3N2O/c16-10-3-7(1-2-11(10)17)4-14-8-5-12(18)13(19)6-9(8)15(22)21-20-14/h1-3,5-6H,4H2,(H,21,22). The minimum Gasteiger partial charge on any atom is -0.267 e. The molecule has 3 aromatic rings. The normalized spacial score (nSPS) is 11.1. The molecule has 3 nitrogen and oxygen atoms in total. The third kappa shape index (κ3) is 2.64. The van der Waals surface area contributed by atoms with Gasteiger partial charge in [0.1, 0.15) is 5.82 Å². The monoisotopic (exact) mass is 368 g/mol. The smallest absolute Gasteiger partial charge is 0.267 e. The highest BCUT2D eigenvalue weighted by Crippen LogP contribution is 2.22. The summed E-state index contributed by atoms with van der Waals surface area (Å²) in [7, 11) is 0. The first kappa shape index (κ1) is 14.8. The van der Waals surface area contributed by atoms with Crippen molar-refractivity contribution in [2.45, 2.75) is 6.42 Å². The van der Waals surface area contributed by atoms with Crippen molar-refractivity contribution >= 4 is 26.7 Å². The molecule has 0 atom stereocenters. The number of aromatic amines is 1. The van der Waals surface area contributed by atoms with Crippen LogP contribution in [0.4, 0.5) is 13.2 Å². The van der Waals surface area contributed by atoms with E-state index in [9.17, 15) is 18.0 Å². The van der Waals surface area contributed by atoms with E-state index in [2.05, 4.69) is 26.1 Å². The summed E-state index contributed by atoms with van der Waals surface area (Å²) in [5, 5.41) is 6.39. The molecule has 0 amide bonds. The Morgan fingerprint density at radius 2 is 1.68 bits per heavy atom. The minimum absolute atomic E-state index is 0.0186. The van der Waals surface area contributed by atoms with Gasteiger partial charge in [-0.25, -0.2) is 18.3 Å². The number of nitrogens with one attached hydrogen (secondary N) is 1. The van der Waals surface area contributed by atoms with E-state index in [4.69, 9.17) is 0 Å². The first-order chi connectivity index (χ1) is 10.5. The molecule has 0 bridgehead atoms. The van der Waals surface area contributed by atoms with Gasteiger partial charge < -0.3 is 0 Å². The molecule has 0 aliphatic rings. The Hall–Kier alpha value is -2.15. The zero-order valence-electron chi connectivity index (χ0n) is 11.0. The number of aromatic nitrogens is 2. The summed E-state index contributed by atoms with van der Waals surface area (Å²) in [6, 6.07) is 6.19. The van der Waals surface area contributed by atoms with Crippen molar-refractivity contribution in [3.05, 3.63) is 73.9 Å². The predicted octanol–water partition coefficient (Wildman–Crippen LogP) is 3.69. The number of benzene rings is 2. The lowest BCUT2D eigenvalue weighted by molar-refractivity contribution is 0.510. The Labute approximate surface area is 130 Å². The van der Waals surface area contributed by atoms with E-state index < -0.39 is 23.0 Å². The van der Waals surface area contributed by atoms with E-state index in [1.807, 2.05) is 0 Å². The number of rotatable bonds is 2. The average molecular weight is 369 g/mol. The van der Waals surface area contributed by atoms with Gasteiger partial charge in [0, 0.05) is 11.8 Å². The fourth-order valence-electron chi connectivity index (χ4n) is 2.19. The second kappa shape index (κ2) is 5.57. The third-order valence-electron chi connectivity index (χ3n) is 3.26. The summed E-state index contributed by atoms with van der Waals surface area (Å²) >= 11 is 3.08. The predicted molar refractivity (Wildman–Crippen MR) is 79.2 cm³/mol. The first-order valence-corrected chi connectivity index (χ1v) is 7.05. The Kier molecular flexibility index (Phi) is 3.74. The van der Waals surface area contributed by atoms with Crippen LogP contribution in [-0.4, -0.2) is 10.2 Å². The molecule has 0 saturated heterocycles. The summed E-state index contributed by atoms with van der Waals surface area (Å²) in [5.74, 6) is -2.56. The third-order valence-corrected chi connectivity index (χ3v) is 3.87. The number of nitrogens with zero attached hydrogens (tertiary/aromatic N) is 1. The van der Waals surface area contributed by atoms with Crippen LogP contribution in [0.15, 0.2) is 39.6 Å². The topological polar surface area (TPSA) is 45.8 Å². The maximum Gasteiger partial charge on any atom is 0.272 e. The highest BCUT2D eigenvalue weighted by Gasteiger charge is 2.12. The highest BCUT2D eigenvalue weighted by molar-refractivity contribution is 9.10. The molecular formula is C15H8BrF3N2O. The second-order valence-corrected chi connectivity index (χ2v) is 5.59. The lowest BCUT2D eigenvalue weighted by Crippen LogP contribution is -2.12. The summed E-state index contributed by atoms with van der Waals surface area (Å²) < 4.78 is 40.3. The molecule has 1 aromatic heterocycles. The van der Waals surface area contributed by atoms with Crippen molar-refractivity contribution in [3.63, 3.8) is 0 Å². The molecule has 0 aliphatic carbocycles. The molecule has 1 heterocycles. The average Bonchev–Trinajstić information content (AvgIpc) is 2.48. The van der Waals surface area contributed by atoms with Crippen LogP contribution in [0.25, 0.3) is 10.8 Å². The van der Waals surface area contributed by atoms with Gasteiger partial charge in [-0.2, -0.15) is 5.10 Å². The molecule has 0 spiro atoms. The summed E-state index contributed by atoms with van der Waals surface area (Å²) in [6.07, 6.45) is 0.233. The van der Waals surface area contributed by atoms with Crippen molar-refractivity contribution in [1.29, 1.82) is 0 Å². The molecule has 0 fully saturated rings. The van der Waals surface area contributed by atoms with Gasteiger partial charge in [-0.1, -0.05) is 6.07 Å². The Balaban J connectivity index is 2.14. The fraction of sp³-hybridized carbons (Fsp3) is 0.0667. The molecule has 0 unspecified atom stereocenters. The van der Waals surface area contributed by atoms with E-state index in [1.165, 1.54) is 6.07 Å². The largest absolute Gasteiger partial charge is 0.272 e. The van der Waals surface area contributed by atoms with Gasteiger partial charge in [-0.05, 0) is 45.8 Å². The minimum atomic E-state index is -1.10. The van der Waals surface area contributed by atoms with E-state index in [1.54, 1.807) is 12.1 Å². The Morgan fingerprint density at radius 3 is 2.36 bits per heavy atom. The second-order valence-electron chi connectivity index (χ2n) is 4.74. The molecular weight excluding hydrogens is 361 g/mol. The lowest BCUT2D eigenvalue weighted by Gasteiger charge is -2.06. The van der Waals surface area contributed by atoms with Crippen LogP contribution < -0.4 is 5.56 Å². The van der Waals surface area contributed by atoms with Crippen LogP contribution in [0.3, 0.4) is 0 Å².